The number of methoxy groups -OCH3 is 1. The minimum atomic E-state index is -4.23. The number of carbonyl (C=O) groups excluding carboxylic acids is 2. The van der Waals surface area contributed by atoms with E-state index in [1.807, 2.05) is 4.72 Å². The average Bonchev–Trinajstić information content (AvgIpc) is 3.05. The molecule has 1 heterocycles. The van der Waals surface area contributed by atoms with Crippen molar-refractivity contribution in [2.24, 2.45) is 11.0 Å². The number of nitrogens with zero attached hydrogens (tertiary/aromatic N) is 2. The van der Waals surface area contributed by atoms with Gasteiger partial charge < -0.3 is 4.74 Å². The first-order valence-electron chi connectivity index (χ1n) is 8.01. The Morgan fingerprint density at radius 3 is 2.76 bits per heavy atom. The molecule has 3 rings (SSSR count). The Morgan fingerprint density at radius 1 is 1.28 bits per heavy atom. The van der Waals surface area contributed by atoms with E-state index >= 15 is 0 Å². The van der Waals surface area contributed by atoms with Gasteiger partial charge >= 0.3 is 12.0 Å². The van der Waals surface area contributed by atoms with Crippen molar-refractivity contribution in [1.29, 1.82) is 0 Å². The van der Waals surface area contributed by atoms with Gasteiger partial charge in [0.2, 0.25) is 0 Å². The quantitative estimate of drug-likeness (QED) is 0.821. The minimum absolute atomic E-state index is 0.133. The van der Waals surface area contributed by atoms with Crippen LogP contribution in [0.2, 0.25) is 0 Å². The van der Waals surface area contributed by atoms with Crippen molar-refractivity contribution < 1.29 is 22.7 Å². The second kappa shape index (κ2) is 6.83. The molecule has 1 saturated carbocycles. The number of nitrogens with one attached hydrogen (secondary N) is 1. The maximum absolute atomic E-state index is 12.5. The van der Waals surface area contributed by atoms with Gasteiger partial charge in [-0.25, -0.2) is 27.7 Å². The Bertz CT molecular complexity index is 834. The van der Waals surface area contributed by atoms with Crippen LogP contribution < -0.4 is 4.72 Å². The highest BCUT2D eigenvalue weighted by Crippen LogP contribution is 2.28. The molecule has 1 fully saturated rings. The molecule has 0 saturated heterocycles. The summed E-state index contributed by atoms with van der Waals surface area (Å²) in [6, 6.07) is 4.74. The van der Waals surface area contributed by atoms with Gasteiger partial charge in [-0.1, -0.05) is 18.6 Å². The van der Waals surface area contributed by atoms with E-state index < -0.39 is 22.0 Å². The summed E-state index contributed by atoms with van der Waals surface area (Å²) in [5.74, 6) is -0.578. The second-order valence-corrected chi connectivity index (χ2v) is 7.67. The van der Waals surface area contributed by atoms with Crippen LogP contribution in [0.3, 0.4) is 0 Å². The van der Waals surface area contributed by atoms with Crippen LogP contribution in [0.5, 0.6) is 0 Å². The molecule has 1 unspecified atom stereocenters. The Balaban J connectivity index is 1.80. The lowest BCUT2D eigenvalue weighted by Crippen LogP contribution is -2.40. The second-order valence-electron chi connectivity index (χ2n) is 6.01. The number of rotatable bonds is 3. The van der Waals surface area contributed by atoms with Gasteiger partial charge in [-0.2, -0.15) is 5.10 Å². The first-order chi connectivity index (χ1) is 11.9. The van der Waals surface area contributed by atoms with Gasteiger partial charge in [0.1, 0.15) is 4.90 Å². The van der Waals surface area contributed by atoms with Gasteiger partial charge in [0.05, 0.1) is 19.2 Å². The molecular weight excluding hydrogens is 346 g/mol. The number of hydrogen-bond donors (Lipinski definition) is 1. The topological polar surface area (TPSA) is 105 Å². The first kappa shape index (κ1) is 17.4. The van der Waals surface area contributed by atoms with E-state index in [1.54, 1.807) is 0 Å². The Hall–Kier alpha value is -2.42. The molecule has 1 atom stereocenters. The molecule has 0 aromatic heterocycles. The third-order valence-corrected chi connectivity index (χ3v) is 5.77. The number of hydrogen-bond acceptors (Lipinski definition) is 6. The van der Waals surface area contributed by atoms with Gasteiger partial charge in [0, 0.05) is 11.6 Å². The summed E-state index contributed by atoms with van der Waals surface area (Å²) in [6.45, 7) is 0.384. The molecule has 1 aromatic rings. The summed E-state index contributed by atoms with van der Waals surface area (Å²) in [7, 11) is -3.07. The van der Waals surface area contributed by atoms with E-state index in [4.69, 9.17) is 0 Å². The van der Waals surface area contributed by atoms with Crippen LogP contribution in [-0.4, -0.2) is 44.8 Å². The smallest absolute Gasteiger partial charge is 0.351 e. The predicted octanol–water partition coefficient (Wildman–Crippen LogP) is 1.73. The molecule has 1 aliphatic heterocycles. The highest BCUT2D eigenvalue weighted by atomic mass is 32.2. The Labute approximate surface area is 145 Å². The van der Waals surface area contributed by atoms with Crippen LogP contribution >= 0.6 is 0 Å². The molecule has 1 aromatic carbocycles. The fourth-order valence-corrected chi connectivity index (χ4v) is 4.27. The molecule has 1 aliphatic carbocycles. The summed E-state index contributed by atoms with van der Waals surface area (Å²) in [4.78, 5) is 23.8. The normalized spacial score (nSPS) is 19.8. The van der Waals surface area contributed by atoms with E-state index in [2.05, 4.69) is 9.84 Å². The third kappa shape index (κ3) is 3.51. The summed E-state index contributed by atoms with van der Waals surface area (Å²) in [6.07, 6.45) is 3.92. The highest BCUT2D eigenvalue weighted by molar-refractivity contribution is 7.90. The number of benzene rings is 1. The van der Waals surface area contributed by atoms with Gasteiger partial charge in [-0.05, 0) is 31.4 Å². The molecule has 0 bridgehead atoms. The summed E-state index contributed by atoms with van der Waals surface area (Å²) in [5, 5.41) is 5.40. The summed E-state index contributed by atoms with van der Waals surface area (Å²) < 4.78 is 31.7. The largest absolute Gasteiger partial charge is 0.465 e. The monoisotopic (exact) mass is 365 g/mol. The van der Waals surface area contributed by atoms with E-state index in [9.17, 15) is 18.0 Å². The zero-order chi connectivity index (χ0) is 18.0. The van der Waals surface area contributed by atoms with Crippen LogP contribution in [0.25, 0.3) is 0 Å². The lowest BCUT2D eigenvalue weighted by atomic mass is 9.88. The number of esters is 1. The lowest BCUT2D eigenvalue weighted by molar-refractivity contribution is 0.0596. The van der Waals surface area contributed by atoms with Crippen LogP contribution in [0, 0.1) is 5.92 Å². The first-order valence-corrected chi connectivity index (χ1v) is 9.49. The number of urea groups is 1. The van der Waals surface area contributed by atoms with Crippen LogP contribution in [0.15, 0.2) is 34.3 Å². The zero-order valence-corrected chi connectivity index (χ0v) is 14.6. The fraction of sp³-hybridized carbons (Fsp3) is 0.438. The summed E-state index contributed by atoms with van der Waals surface area (Å²) in [5.41, 5.74) is 0.820. The fourth-order valence-electron chi connectivity index (χ4n) is 3.13. The van der Waals surface area contributed by atoms with E-state index in [0.29, 0.717) is 6.54 Å². The average molecular weight is 365 g/mol. The van der Waals surface area contributed by atoms with Crippen molar-refractivity contribution in [2.45, 2.75) is 30.6 Å². The van der Waals surface area contributed by atoms with Crippen molar-refractivity contribution in [3.8, 4) is 0 Å². The van der Waals surface area contributed by atoms with Crippen LogP contribution in [0.4, 0.5) is 4.79 Å². The van der Waals surface area contributed by atoms with Crippen LogP contribution in [-0.2, 0) is 14.8 Å². The van der Waals surface area contributed by atoms with Crippen molar-refractivity contribution in [1.82, 2.24) is 9.73 Å². The number of ether oxygens (including phenoxy) is 1. The number of fused-ring (bicyclic) bond motifs is 1. The molecule has 0 radical (unpaired) electrons. The van der Waals surface area contributed by atoms with Gasteiger partial charge in [-0.3, -0.25) is 0 Å². The van der Waals surface area contributed by atoms with Gasteiger partial charge in [0.15, 0.2) is 0 Å². The third-order valence-electron chi connectivity index (χ3n) is 4.39. The molecule has 0 spiro atoms. The standard InChI is InChI=1S/C16H19N3O5S/c1-24-15(20)12-7-3-5-9-14(12)25(22,23)18-16(21)19-10-11-6-2-4-8-13(11)17-19/h3,5,7,9,11H,2,4,6,8,10H2,1H3,(H,18,21). The van der Waals surface area contributed by atoms with Crippen molar-refractivity contribution in [2.75, 3.05) is 13.7 Å². The van der Waals surface area contributed by atoms with Crippen molar-refractivity contribution in [3.05, 3.63) is 29.8 Å². The zero-order valence-electron chi connectivity index (χ0n) is 13.8. The molecule has 8 nitrogen and oxygen atoms in total. The predicted molar refractivity (Wildman–Crippen MR) is 89.6 cm³/mol. The number of amides is 2. The Morgan fingerprint density at radius 2 is 2.04 bits per heavy atom. The van der Waals surface area contributed by atoms with Crippen LogP contribution in [0.1, 0.15) is 36.0 Å². The molecule has 2 aliphatic rings. The van der Waals surface area contributed by atoms with E-state index in [0.717, 1.165) is 43.5 Å². The number of carbonyl (C=O) groups is 2. The highest BCUT2D eigenvalue weighted by Gasteiger charge is 2.34. The molecule has 1 N–H and O–H groups in total. The minimum Gasteiger partial charge on any atom is -0.465 e. The number of sulfonamides is 1. The van der Waals surface area contributed by atoms with E-state index in [-0.39, 0.29) is 16.4 Å². The Kier molecular flexibility index (Phi) is 4.76. The lowest BCUT2D eigenvalue weighted by Gasteiger charge is -2.18. The maximum atomic E-state index is 12.5. The van der Waals surface area contributed by atoms with Crippen molar-refractivity contribution >= 4 is 27.7 Å². The SMILES string of the molecule is COC(=O)c1ccccc1S(=O)(=O)NC(=O)N1CC2CCCCC2=N1. The maximum Gasteiger partial charge on any atom is 0.351 e. The van der Waals surface area contributed by atoms with Gasteiger partial charge in [0.25, 0.3) is 10.0 Å². The van der Waals surface area contributed by atoms with Gasteiger partial charge in [-0.15, -0.1) is 0 Å². The molecule has 2 amide bonds. The molecule has 25 heavy (non-hydrogen) atoms. The molecule has 134 valence electrons. The molecular formula is C16H19N3O5S. The molecule has 9 heteroatoms. The summed E-state index contributed by atoms with van der Waals surface area (Å²) >= 11 is 0. The number of hydrazone groups is 1. The van der Waals surface area contributed by atoms with Crippen molar-refractivity contribution in [3.63, 3.8) is 0 Å². The van der Waals surface area contributed by atoms with E-state index in [1.165, 1.54) is 24.3 Å².